The fourth-order valence-electron chi connectivity index (χ4n) is 1.83. The summed E-state index contributed by atoms with van der Waals surface area (Å²) in [5.74, 6) is 0. The molecule has 108 valence electrons. The standard InChI is InChI=1S/C14H14.C7H10/c1-3-7-13(8-4-1)11-12-14-9-5-2-6-10-14;1-4-6-7(3)5-2/h1-10H,11-12H2;4-6H,1-2H2,3H3/b;7-6-. The van der Waals surface area contributed by atoms with Crippen LogP contribution in [0.2, 0.25) is 0 Å². The van der Waals surface area contributed by atoms with Crippen molar-refractivity contribution >= 4 is 0 Å². The molecule has 0 radical (unpaired) electrons. The molecule has 0 heteroatoms. The van der Waals surface area contributed by atoms with Crippen LogP contribution in [0.15, 0.2) is 97.6 Å². The lowest BCUT2D eigenvalue weighted by atomic mass is 10.0. The Labute approximate surface area is 129 Å². The maximum atomic E-state index is 3.56. The van der Waals surface area contributed by atoms with Gasteiger partial charge in [0, 0.05) is 0 Å². The summed E-state index contributed by atoms with van der Waals surface area (Å²) in [6, 6.07) is 21.2. The summed E-state index contributed by atoms with van der Waals surface area (Å²) in [5, 5.41) is 0. The van der Waals surface area contributed by atoms with E-state index in [1.807, 2.05) is 13.0 Å². The van der Waals surface area contributed by atoms with E-state index in [-0.39, 0.29) is 0 Å². The van der Waals surface area contributed by atoms with E-state index in [1.54, 1.807) is 12.2 Å². The lowest BCUT2D eigenvalue weighted by Gasteiger charge is -2.01. The molecule has 0 spiro atoms. The maximum absolute atomic E-state index is 3.56. The van der Waals surface area contributed by atoms with E-state index in [9.17, 15) is 0 Å². The van der Waals surface area contributed by atoms with Crippen LogP contribution in [0, 0.1) is 0 Å². The molecule has 0 aliphatic carbocycles. The Morgan fingerprint density at radius 1 is 0.810 bits per heavy atom. The van der Waals surface area contributed by atoms with Crippen molar-refractivity contribution in [1.82, 2.24) is 0 Å². The monoisotopic (exact) mass is 276 g/mol. The highest BCUT2D eigenvalue weighted by Crippen LogP contribution is 2.06. The average Bonchev–Trinajstić information content (AvgIpc) is 2.56. The summed E-state index contributed by atoms with van der Waals surface area (Å²) < 4.78 is 0. The Bertz CT molecular complexity index is 508. The molecule has 0 atom stereocenters. The molecule has 21 heavy (non-hydrogen) atoms. The number of allylic oxidation sites excluding steroid dienone is 4. The van der Waals surface area contributed by atoms with Crippen molar-refractivity contribution in [3.05, 3.63) is 109 Å². The zero-order chi connectivity index (χ0) is 15.3. The summed E-state index contributed by atoms with van der Waals surface area (Å²) in [5.41, 5.74) is 3.97. The van der Waals surface area contributed by atoms with E-state index >= 15 is 0 Å². The second-order valence-corrected chi connectivity index (χ2v) is 4.82. The van der Waals surface area contributed by atoms with Crippen LogP contribution in [0.3, 0.4) is 0 Å². The first-order valence-electron chi connectivity index (χ1n) is 7.26. The number of aryl methyl sites for hydroxylation is 2. The van der Waals surface area contributed by atoms with Crippen molar-refractivity contribution in [2.24, 2.45) is 0 Å². The molecular weight excluding hydrogens is 252 g/mol. The van der Waals surface area contributed by atoms with Crippen molar-refractivity contribution in [2.75, 3.05) is 0 Å². The van der Waals surface area contributed by atoms with E-state index in [1.165, 1.54) is 11.1 Å². The summed E-state index contributed by atoms with van der Waals surface area (Å²) >= 11 is 0. The Hall–Kier alpha value is -2.34. The van der Waals surface area contributed by atoms with Gasteiger partial charge in [-0.25, -0.2) is 0 Å². The van der Waals surface area contributed by atoms with Gasteiger partial charge in [-0.1, -0.05) is 97.6 Å². The molecule has 0 fully saturated rings. The summed E-state index contributed by atoms with van der Waals surface area (Å²) in [6.07, 6.45) is 7.71. The topological polar surface area (TPSA) is 0 Å². The van der Waals surface area contributed by atoms with E-state index < -0.39 is 0 Å². The van der Waals surface area contributed by atoms with Gasteiger partial charge in [0.2, 0.25) is 0 Å². The van der Waals surface area contributed by atoms with Crippen molar-refractivity contribution in [2.45, 2.75) is 19.8 Å². The van der Waals surface area contributed by atoms with Crippen molar-refractivity contribution in [3.63, 3.8) is 0 Å². The van der Waals surface area contributed by atoms with E-state index in [2.05, 4.69) is 73.8 Å². The lowest BCUT2D eigenvalue weighted by molar-refractivity contribution is 0.960. The van der Waals surface area contributed by atoms with Gasteiger partial charge in [0.05, 0.1) is 0 Å². The first-order valence-corrected chi connectivity index (χ1v) is 7.26. The molecule has 0 amide bonds. The van der Waals surface area contributed by atoms with Gasteiger partial charge >= 0.3 is 0 Å². The highest BCUT2D eigenvalue weighted by Gasteiger charge is 1.93. The highest BCUT2D eigenvalue weighted by atomic mass is 14.0. The third-order valence-corrected chi connectivity index (χ3v) is 3.09. The molecule has 2 aromatic carbocycles. The van der Waals surface area contributed by atoms with Crippen molar-refractivity contribution < 1.29 is 0 Å². The molecule has 0 unspecified atom stereocenters. The van der Waals surface area contributed by atoms with E-state index in [0.717, 1.165) is 18.4 Å². The maximum Gasteiger partial charge on any atom is -0.0238 e. The predicted molar refractivity (Wildman–Crippen MR) is 94.4 cm³/mol. The van der Waals surface area contributed by atoms with Gasteiger partial charge in [-0.3, -0.25) is 0 Å². The zero-order valence-electron chi connectivity index (χ0n) is 12.8. The first kappa shape index (κ1) is 16.7. The summed E-state index contributed by atoms with van der Waals surface area (Å²) in [6.45, 7) is 9.07. The normalized spacial score (nSPS) is 10.2. The average molecular weight is 276 g/mol. The fourth-order valence-corrected chi connectivity index (χ4v) is 1.83. The minimum Gasteiger partial charge on any atom is -0.0991 e. The van der Waals surface area contributed by atoms with Crippen LogP contribution < -0.4 is 0 Å². The number of hydrogen-bond acceptors (Lipinski definition) is 0. The Morgan fingerprint density at radius 2 is 1.24 bits per heavy atom. The highest BCUT2D eigenvalue weighted by molar-refractivity contribution is 5.20. The molecule has 0 nitrogen and oxygen atoms in total. The molecule has 0 aliphatic heterocycles. The summed E-state index contributed by atoms with van der Waals surface area (Å²) in [7, 11) is 0. The molecule has 2 aromatic rings. The van der Waals surface area contributed by atoms with Gasteiger partial charge < -0.3 is 0 Å². The van der Waals surface area contributed by atoms with Crippen LogP contribution in [0.1, 0.15) is 18.1 Å². The predicted octanol–water partition coefficient (Wildman–Crippen LogP) is 5.78. The Kier molecular flexibility index (Phi) is 8.32. The number of hydrogen-bond donors (Lipinski definition) is 0. The molecule has 0 aliphatic rings. The van der Waals surface area contributed by atoms with Gasteiger partial charge in [-0.2, -0.15) is 0 Å². The van der Waals surface area contributed by atoms with Crippen LogP contribution in [-0.2, 0) is 12.8 Å². The molecule has 0 heterocycles. The zero-order valence-corrected chi connectivity index (χ0v) is 12.8. The van der Waals surface area contributed by atoms with E-state index in [4.69, 9.17) is 0 Å². The third kappa shape index (κ3) is 7.74. The second-order valence-electron chi connectivity index (χ2n) is 4.82. The molecule has 0 saturated carbocycles. The van der Waals surface area contributed by atoms with Crippen molar-refractivity contribution in [1.29, 1.82) is 0 Å². The smallest absolute Gasteiger partial charge is 0.0238 e. The Morgan fingerprint density at radius 3 is 1.52 bits per heavy atom. The molecule has 0 saturated heterocycles. The largest absolute Gasteiger partial charge is 0.0991 e. The number of benzene rings is 2. The van der Waals surface area contributed by atoms with Gasteiger partial charge in [-0.05, 0) is 30.9 Å². The molecular formula is C21H24. The van der Waals surface area contributed by atoms with Crippen molar-refractivity contribution in [3.8, 4) is 0 Å². The van der Waals surface area contributed by atoms with Crippen LogP contribution in [-0.4, -0.2) is 0 Å². The van der Waals surface area contributed by atoms with E-state index in [0.29, 0.717) is 0 Å². The minimum absolute atomic E-state index is 1.13. The van der Waals surface area contributed by atoms with Gasteiger partial charge in [0.1, 0.15) is 0 Å². The second kappa shape index (κ2) is 10.4. The Balaban J connectivity index is 0.000000270. The van der Waals surface area contributed by atoms with Crippen LogP contribution in [0.4, 0.5) is 0 Å². The molecule has 0 aromatic heterocycles. The third-order valence-electron chi connectivity index (χ3n) is 3.09. The van der Waals surface area contributed by atoms with Gasteiger partial charge in [-0.15, -0.1) is 0 Å². The van der Waals surface area contributed by atoms with Gasteiger partial charge in [0.15, 0.2) is 0 Å². The summed E-state index contributed by atoms with van der Waals surface area (Å²) in [4.78, 5) is 0. The quantitative estimate of drug-likeness (QED) is 0.607. The SMILES string of the molecule is C=C/C=C(/C)C=C.c1ccc(CCc2ccccc2)cc1. The van der Waals surface area contributed by atoms with Crippen LogP contribution >= 0.6 is 0 Å². The van der Waals surface area contributed by atoms with Gasteiger partial charge in [0.25, 0.3) is 0 Å². The molecule has 2 rings (SSSR count). The number of rotatable bonds is 5. The minimum atomic E-state index is 1.13. The fraction of sp³-hybridized carbons (Fsp3) is 0.143. The lowest BCUT2D eigenvalue weighted by Crippen LogP contribution is -1.89. The van der Waals surface area contributed by atoms with Crippen LogP contribution in [0.5, 0.6) is 0 Å². The first-order chi connectivity index (χ1) is 10.3. The molecule has 0 bridgehead atoms. The van der Waals surface area contributed by atoms with Crippen LogP contribution in [0.25, 0.3) is 0 Å². The molecule has 0 N–H and O–H groups in total.